The number of ether oxygens (including phenoxy) is 1. The number of nitrogen functional groups attached to an aromatic ring is 1. The van der Waals surface area contributed by atoms with Gasteiger partial charge in [0.1, 0.15) is 17.1 Å². The molecule has 37 heavy (non-hydrogen) atoms. The highest BCUT2D eigenvalue weighted by molar-refractivity contribution is 7.90. The summed E-state index contributed by atoms with van der Waals surface area (Å²) in [7, 11) is -4.29. The molecule has 0 aliphatic heterocycles. The lowest BCUT2D eigenvalue weighted by molar-refractivity contribution is 0.0978. The van der Waals surface area contributed by atoms with E-state index in [1.807, 2.05) is 57.2 Å². The molecule has 0 radical (unpaired) electrons. The molecular formula is C28H28N4O4S. The number of aryl methyl sites for hydroxylation is 4. The van der Waals surface area contributed by atoms with E-state index in [2.05, 4.69) is 21.6 Å². The number of pyridine rings is 2. The second kappa shape index (κ2) is 10.4. The van der Waals surface area contributed by atoms with Crippen molar-refractivity contribution in [3.05, 3.63) is 94.5 Å². The number of rotatable bonds is 7. The third-order valence-corrected chi connectivity index (χ3v) is 7.05. The lowest BCUT2D eigenvalue weighted by Crippen LogP contribution is -2.31. The monoisotopic (exact) mass is 516 g/mol. The summed E-state index contributed by atoms with van der Waals surface area (Å²) in [5, 5.41) is -0.367. The number of amides is 1. The first kappa shape index (κ1) is 25.8. The van der Waals surface area contributed by atoms with Crippen molar-refractivity contribution in [2.45, 2.75) is 39.1 Å². The van der Waals surface area contributed by atoms with Gasteiger partial charge in [-0.2, -0.15) is 8.42 Å². The van der Waals surface area contributed by atoms with Crippen LogP contribution in [0.25, 0.3) is 11.3 Å². The molecule has 3 N–H and O–H groups in total. The molecule has 4 aromatic rings. The van der Waals surface area contributed by atoms with E-state index < -0.39 is 15.9 Å². The Bertz CT molecular complexity index is 1560. The van der Waals surface area contributed by atoms with Gasteiger partial charge in [0, 0.05) is 5.56 Å². The molecule has 2 aromatic heterocycles. The van der Waals surface area contributed by atoms with Gasteiger partial charge in [0.25, 0.3) is 15.9 Å². The molecule has 0 saturated carbocycles. The number of benzene rings is 2. The zero-order valence-electron chi connectivity index (χ0n) is 21.1. The smallest absolute Gasteiger partial charge is 0.281 e. The average Bonchev–Trinajstić information content (AvgIpc) is 2.86. The molecule has 2 heterocycles. The second-order valence-corrected chi connectivity index (χ2v) is 10.4. The molecule has 4 rings (SSSR count). The number of hydrogen-bond donors (Lipinski definition) is 2. The summed E-state index contributed by atoms with van der Waals surface area (Å²) >= 11 is 0. The fourth-order valence-corrected chi connectivity index (χ4v) is 4.94. The first-order valence-corrected chi connectivity index (χ1v) is 13.2. The lowest BCUT2D eigenvalue weighted by Gasteiger charge is -2.16. The molecule has 0 saturated heterocycles. The number of aromatic nitrogens is 2. The van der Waals surface area contributed by atoms with Gasteiger partial charge in [0.15, 0.2) is 5.03 Å². The van der Waals surface area contributed by atoms with Crippen molar-refractivity contribution in [2.24, 2.45) is 0 Å². The van der Waals surface area contributed by atoms with E-state index in [4.69, 9.17) is 10.5 Å². The first-order valence-electron chi connectivity index (χ1n) is 11.7. The van der Waals surface area contributed by atoms with Gasteiger partial charge in [-0.1, -0.05) is 55.0 Å². The van der Waals surface area contributed by atoms with Crippen LogP contribution in [0.1, 0.15) is 39.5 Å². The summed E-state index contributed by atoms with van der Waals surface area (Å²) < 4.78 is 33.9. The van der Waals surface area contributed by atoms with Crippen LogP contribution in [-0.4, -0.2) is 24.3 Å². The third-order valence-electron chi connectivity index (χ3n) is 5.81. The van der Waals surface area contributed by atoms with Crippen molar-refractivity contribution in [3.8, 4) is 22.9 Å². The minimum Gasteiger partial charge on any atom is -0.438 e. The molecule has 0 aliphatic carbocycles. The zero-order chi connectivity index (χ0) is 26.7. The second-order valence-electron chi connectivity index (χ2n) is 8.76. The normalized spacial score (nSPS) is 11.2. The van der Waals surface area contributed by atoms with Crippen LogP contribution in [0.5, 0.6) is 11.6 Å². The molecule has 0 atom stereocenters. The number of carbonyl (C=O) groups is 1. The van der Waals surface area contributed by atoms with Crippen LogP contribution in [0.3, 0.4) is 0 Å². The molecule has 0 fully saturated rings. The van der Waals surface area contributed by atoms with Crippen LogP contribution in [-0.2, 0) is 16.4 Å². The van der Waals surface area contributed by atoms with Crippen molar-refractivity contribution < 1.29 is 17.9 Å². The zero-order valence-corrected chi connectivity index (χ0v) is 21.9. The predicted octanol–water partition coefficient (Wildman–Crippen LogP) is 5.12. The van der Waals surface area contributed by atoms with E-state index in [9.17, 15) is 13.2 Å². The molecular weight excluding hydrogens is 488 g/mol. The van der Waals surface area contributed by atoms with Gasteiger partial charge in [0.05, 0.1) is 5.69 Å². The fourth-order valence-electron chi connectivity index (χ4n) is 4.00. The third kappa shape index (κ3) is 5.78. The Morgan fingerprint density at radius 1 is 0.946 bits per heavy atom. The van der Waals surface area contributed by atoms with Gasteiger partial charge in [-0.3, -0.25) is 4.79 Å². The molecule has 8 nitrogen and oxygen atoms in total. The van der Waals surface area contributed by atoms with Crippen LogP contribution in [0, 0.1) is 20.8 Å². The van der Waals surface area contributed by atoms with Crippen molar-refractivity contribution in [3.63, 3.8) is 0 Å². The number of nitrogens with two attached hydrogens (primary N) is 1. The van der Waals surface area contributed by atoms with E-state index in [1.165, 1.54) is 29.8 Å². The average molecular weight is 517 g/mol. The van der Waals surface area contributed by atoms with Gasteiger partial charge in [0.2, 0.25) is 5.88 Å². The Morgan fingerprint density at radius 3 is 2.24 bits per heavy atom. The maximum absolute atomic E-state index is 13.2. The summed E-state index contributed by atoms with van der Waals surface area (Å²) in [5.74, 6) is -0.349. The van der Waals surface area contributed by atoms with Crippen LogP contribution >= 0.6 is 0 Å². The minimum absolute atomic E-state index is 0.0136. The topological polar surface area (TPSA) is 124 Å². The standard InChI is InChI=1S/C28H28N4O4S/c1-5-20-9-11-21(12-10-20)23-14-13-22(27(33)32-37(34,35)25-8-6-7-24(29)31-25)28(30-23)36-26-18(3)15-17(2)16-19(26)4/h6-16H,5H2,1-4H3,(H2,29,31)(H,32,33). The summed E-state index contributed by atoms with van der Waals surface area (Å²) in [5.41, 5.74) is 11.0. The molecule has 0 spiro atoms. The number of anilines is 1. The highest BCUT2D eigenvalue weighted by atomic mass is 32.2. The first-order chi connectivity index (χ1) is 17.6. The van der Waals surface area contributed by atoms with E-state index in [-0.39, 0.29) is 22.3 Å². The van der Waals surface area contributed by atoms with Crippen LogP contribution in [0.2, 0.25) is 0 Å². The van der Waals surface area contributed by atoms with Crippen molar-refractivity contribution in [1.82, 2.24) is 14.7 Å². The molecule has 0 unspecified atom stereocenters. The molecule has 2 aromatic carbocycles. The highest BCUT2D eigenvalue weighted by Gasteiger charge is 2.24. The van der Waals surface area contributed by atoms with Gasteiger partial charge < -0.3 is 10.5 Å². The summed E-state index contributed by atoms with van der Waals surface area (Å²) in [6.07, 6.45) is 0.906. The minimum atomic E-state index is -4.29. The van der Waals surface area contributed by atoms with Crippen molar-refractivity contribution >= 4 is 21.7 Å². The lowest BCUT2D eigenvalue weighted by atomic mass is 10.1. The SMILES string of the molecule is CCc1ccc(-c2ccc(C(=O)NS(=O)(=O)c3cccc(N)n3)c(Oc3c(C)cc(C)cc3C)n2)cc1. The van der Waals surface area contributed by atoms with E-state index in [0.717, 1.165) is 28.7 Å². The fraction of sp³-hybridized carbons (Fsp3) is 0.179. The molecule has 0 aliphatic rings. The van der Waals surface area contributed by atoms with E-state index in [1.54, 1.807) is 6.07 Å². The van der Waals surface area contributed by atoms with Crippen LogP contribution in [0.4, 0.5) is 5.82 Å². The number of sulfonamides is 1. The quantitative estimate of drug-likeness (QED) is 0.349. The van der Waals surface area contributed by atoms with Gasteiger partial charge >= 0.3 is 0 Å². The number of nitrogens with one attached hydrogen (secondary N) is 1. The number of nitrogens with zero attached hydrogens (tertiary/aromatic N) is 2. The van der Waals surface area contributed by atoms with Gasteiger partial charge in [-0.15, -0.1) is 0 Å². The van der Waals surface area contributed by atoms with Crippen molar-refractivity contribution in [1.29, 1.82) is 0 Å². The predicted molar refractivity (Wildman–Crippen MR) is 143 cm³/mol. The van der Waals surface area contributed by atoms with E-state index >= 15 is 0 Å². The maximum Gasteiger partial charge on any atom is 0.281 e. The Hall–Kier alpha value is -4.24. The molecule has 190 valence electrons. The maximum atomic E-state index is 13.2. The highest BCUT2D eigenvalue weighted by Crippen LogP contribution is 2.32. The van der Waals surface area contributed by atoms with Gasteiger partial charge in [-0.05, 0) is 68.1 Å². The Morgan fingerprint density at radius 2 is 1.62 bits per heavy atom. The number of hydrogen-bond acceptors (Lipinski definition) is 7. The largest absolute Gasteiger partial charge is 0.438 e. The van der Waals surface area contributed by atoms with Crippen molar-refractivity contribution in [2.75, 3.05) is 5.73 Å². The summed E-state index contributed by atoms with van der Waals surface area (Å²) in [4.78, 5) is 21.6. The van der Waals surface area contributed by atoms with Crippen LogP contribution in [0.15, 0.2) is 71.8 Å². The Kier molecular flexibility index (Phi) is 7.26. The Labute approximate surface area is 216 Å². The summed E-state index contributed by atoms with van der Waals surface area (Å²) in [6.45, 7) is 7.86. The molecule has 1 amide bonds. The molecule has 0 bridgehead atoms. The number of carbonyl (C=O) groups excluding carboxylic acids is 1. The summed E-state index contributed by atoms with van der Waals surface area (Å²) in [6, 6.07) is 19.2. The van der Waals surface area contributed by atoms with Gasteiger partial charge in [-0.25, -0.2) is 14.7 Å². The van der Waals surface area contributed by atoms with E-state index in [0.29, 0.717) is 11.4 Å². The molecule has 9 heteroatoms. The van der Waals surface area contributed by atoms with Crippen LogP contribution < -0.4 is 15.2 Å². The Balaban J connectivity index is 1.77.